The van der Waals surface area contributed by atoms with Crippen molar-refractivity contribution >= 4 is 23.5 Å². The summed E-state index contributed by atoms with van der Waals surface area (Å²) in [6.07, 6.45) is 0.302. The Hall–Kier alpha value is -2.77. The van der Waals surface area contributed by atoms with Crippen molar-refractivity contribution in [3.63, 3.8) is 0 Å². The van der Waals surface area contributed by atoms with Gasteiger partial charge in [0.15, 0.2) is 11.5 Å². The second-order valence-corrected chi connectivity index (χ2v) is 4.69. The summed E-state index contributed by atoms with van der Waals surface area (Å²) in [5.74, 6) is -1.02. The maximum atomic E-state index is 12.1. The number of aliphatic carboxylic acids is 1. The van der Waals surface area contributed by atoms with Crippen LogP contribution in [0.4, 0.5) is 5.69 Å². The van der Waals surface area contributed by atoms with Crippen LogP contribution < -0.4 is 20.1 Å². The predicted molar refractivity (Wildman–Crippen MR) is 83.1 cm³/mol. The molecule has 3 N–H and O–H groups in total. The average molecular weight is 324 g/mol. The van der Waals surface area contributed by atoms with Gasteiger partial charge in [0, 0.05) is 25.5 Å². The van der Waals surface area contributed by atoms with Gasteiger partial charge in [0.2, 0.25) is 5.91 Å². The molecule has 0 radical (unpaired) electrons. The molecule has 0 bridgehead atoms. The lowest BCUT2D eigenvalue weighted by Gasteiger charge is -2.15. The van der Waals surface area contributed by atoms with Gasteiger partial charge in [-0.1, -0.05) is 0 Å². The van der Waals surface area contributed by atoms with Gasteiger partial charge in [-0.05, 0) is 18.6 Å². The third-order valence-corrected chi connectivity index (χ3v) is 2.90. The smallest absolute Gasteiger partial charge is 0.303 e. The lowest BCUT2D eigenvalue weighted by atomic mass is 10.1. The van der Waals surface area contributed by atoms with Crippen molar-refractivity contribution in [2.24, 2.45) is 0 Å². The molecule has 0 saturated heterocycles. The second kappa shape index (κ2) is 8.62. The van der Waals surface area contributed by atoms with Crippen molar-refractivity contribution in [2.75, 3.05) is 26.1 Å². The zero-order chi connectivity index (χ0) is 17.4. The van der Waals surface area contributed by atoms with Crippen molar-refractivity contribution < 1.29 is 29.0 Å². The van der Waals surface area contributed by atoms with Crippen molar-refractivity contribution in [3.05, 3.63) is 17.7 Å². The van der Waals surface area contributed by atoms with Crippen LogP contribution in [0.1, 0.15) is 30.1 Å². The summed E-state index contributed by atoms with van der Waals surface area (Å²) in [4.78, 5) is 33.8. The maximum Gasteiger partial charge on any atom is 0.303 e. The van der Waals surface area contributed by atoms with Gasteiger partial charge >= 0.3 is 5.97 Å². The van der Waals surface area contributed by atoms with E-state index in [4.69, 9.17) is 14.6 Å². The summed E-state index contributed by atoms with van der Waals surface area (Å²) in [5.41, 5.74) is 0.580. The van der Waals surface area contributed by atoms with Crippen LogP contribution in [0.3, 0.4) is 0 Å². The third-order valence-electron chi connectivity index (χ3n) is 2.90. The molecule has 1 rings (SSSR count). The molecule has 126 valence electrons. The number of carboxylic acids is 1. The fourth-order valence-electron chi connectivity index (χ4n) is 1.92. The molecule has 0 aliphatic rings. The summed E-state index contributed by atoms with van der Waals surface area (Å²) in [6, 6.07) is 2.95. The summed E-state index contributed by atoms with van der Waals surface area (Å²) >= 11 is 0. The van der Waals surface area contributed by atoms with E-state index in [0.717, 1.165) is 0 Å². The molecule has 0 aliphatic heterocycles. The predicted octanol–water partition coefficient (Wildman–Crippen LogP) is 1.26. The highest BCUT2D eigenvalue weighted by Crippen LogP contribution is 2.36. The lowest BCUT2D eigenvalue weighted by molar-refractivity contribution is -0.137. The maximum absolute atomic E-state index is 12.1. The van der Waals surface area contributed by atoms with Crippen LogP contribution in [0, 0.1) is 0 Å². The molecule has 0 fully saturated rings. The van der Waals surface area contributed by atoms with Crippen molar-refractivity contribution in [2.45, 2.75) is 19.8 Å². The van der Waals surface area contributed by atoms with Gasteiger partial charge in [-0.2, -0.15) is 0 Å². The largest absolute Gasteiger partial charge is 0.493 e. The van der Waals surface area contributed by atoms with Crippen LogP contribution in [-0.4, -0.2) is 43.7 Å². The minimum atomic E-state index is -0.918. The van der Waals surface area contributed by atoms with E-state index >= 15 is 0 Å². The van der Waals surface area contributed by atoms with Crippen LogP contribution in [0.15, 0.2) is 12.1 Å². The first-order chi connectivity index (χ1) is 10.9. The van der Waals surface area contributed by atoms with E-state index in [2.05, 4.69) is 10.6 Å². The molecule has 23 heavy (non-hydrogen) atoms. The number of anilines is 1. The van der Waals surface area contributed by atoms with E-state index in [0.29, 0.717) is 23.6 Å². The number of benzene rings is 1. The standard InChI is InChI=1S/C15H20N2O6/c1-9(18)17-11-7-10(8-12(22-2)14(11)23-3)15(21)16-6-4-5-13(19)20/h7-8H,4-6H2,1-3H3,(H,16,21)(H,17,18)(H,19,20). The van der Waals surface area contributed by atoms with Crippen LogP contribution in [-0.2, 0) is 9.59 Å². The SMILES string of the molecule is COc1cc(C(=O)NCCCC(=O)O)cc(NC(C)=O)c1OC. The number of carbonyl (C=O) groups excluding carboxylic acids is 2. The highest BCUT2D eigenvalue weighted by Gasteiger charge is 2.17. The molecule has 1 aromatic rings. The number of nitrogens with one attached hydrogen (secondary N) is 2. The zero-order valence-corrected chi connectivity index (χ0v) is 13.3. The molecule has 0 spiro atoms. The quantitative estimate of drug-likeness (QED) is 0.620. The molecular weight excluding hydrogens is 304 g/mol. The van der Waals surface area contributed by atoms with Crippen LogP contribution in [0.25, 0.3) is 0 Å². The molecule has 1 aromatic carbocycles. The molecule has 8 nitrogen and oxygen atoms in total. The topological polar surface area (TPSA) is 114 Å². The van der Waals surface area contributed by atoms with Gasteiger partial charge in [-0.25, -0.2) is 0 Å². The van der Waals surface area contributed by atoms with Crippen LogP contribution >= 0.6 is 0 Å². The van der Waals surface area contributed by atoms with Gasteiger partial charge in [-0.3, -0.25) is 14.4 Å². The van der Waals surface area contributed by atoms with Gasteiger partial charge in [0.25, 0.3) is 5.91 Å². The van der Waals surface area contributed by atoms with E-state index in [1.54, 1.807) is 0 Å². The molecule has 2 amide bonds. The number of carboxylic acid groups (broad SMARTS) is 1. The van der Waals surface area contributed by atoms with Crippen molar-refractivity contribution in [3.8, 4) is 11.5 Å². The zero-order valence-electron chi connectivity index (χ0n) is 13.3. The van der Waals surface area contributed by atoms with E-state index in [1.807, 2.05) is 0 Å². The fraction of sp³-hybridized carbons (Fsp3) is 0.400. The number of ether oxygens (including phenoxy) is 2. The van der Waals surface area contributed by atoms with Gasteiger partial charge in [0.05, 0.1) is 19.9 Å². The van der Waals surface area contributed by atoms with Gasteiger partial charge < -0.3 is 25.2 Å². The number of methoxy groups -OCH3 is 2. The first-order valence-electron chi connectivity index (χ1n) is 6.92. The Labute approximate surface area is 133 Å². The Bertz CT molecular complexity index is 600. The molecular formula is C15H20N2O6. The first-order valence-corrected chi connectivity index (χ1v) is 6.92. The summed E-state index contributed by atoms with van der Waals surface area (Å²) in [7, 11) is 2.85. The average Bonchev–Trinajstić information content (AvgIpc) is 2.49. The summed E-state index contributed by atoms with van der Waals surface area (Å²) in [6.45, 7) is 1.57. The molecule has 8 heteroatoms. The first kappa shape index (κ1) is 18.3. The second-order valence-electron chi connectivity index (χ2n) is 4.69. The van der Waals surface area contributed by atoms with Crippen molar-refractivity contribution in [1.82, 2.24) is 5.32 Å². The van der Waals surface area contributed by atoms with Crippen LogP contribution in [0.5, 0.6) is 11.5 Å². The van der Waals surface area contributed by atoms with E-state index < -0.39 is 11.9 Å². The molecule has 0 saturated carbocycles. The summed E-state index contributed by atoms with van der Waals surface area (Å²) < 4.78 is 10.4. The minimum Gasteiger partial charge on any atom is -0.493 e. The molecule has 0 heterocycles. The Balaban J connectivity index is 2.95. The highest BCUT2D eigenvalue weighted by atomic mass is 16.5. The van der Waals surface area contributed by atoms with E-state index in [9.17, 15) is 14.4 Å². The number of carbonyl (C=O) groups is 3. The Morgan fingerprint density at radius 1 is 1.17 bits per heavy atom. The van der Waals surface area contributed by atoms with Crippen molar-refractivity contribution in [1.29, 1.82) is 0 Å². The molecule has 0 aliphatic carbocycles. The third kappa shape index (κ3) is 5.50. The van der Waals surface area contributed by atoms with Gasteiger partial charge in [0.1, 0.15) is 0 Å². The number of amides is 2. The number of hydrogen-bond acceptors (Lipinski definition) is 5. The van der Waals surface area contributed by atoms with E-state index in [1.165, 1.54) is 33.3 Å². The van der Waals surface area contributed by atoms with Gasteiger partial charge in [-0.15, -0.1) is 0 Å². The fourth-order valence-corrected chi connectivity index (χ4v) is 1.92. The molecule has 0 atom stereocenters. The number of rotatable bonds is 8. The minimum absolute atomic E-state index is 0.0244. The highest BCUT2D eigenvalue weighted by molar-refractivity contribution is 5.99. The monoisotopic (exact) mass is 324 g/mol. The normalized spacial score (nSPS) is 9.87. The Morgan fingerprint density at radius 2 is 1.87 bits per heavy atom. The summed E-state index contributed by atoms with van der Waals surface area (Å²) in [5, 5.41) is 13.7. The Kier molecular flexibility index (Phi) is 6.85. The molecule has 0 unspecified atom stereocenters. The Morgan fingerprint density at radius 3 is 2.39 bits per heavy atom. The lowest BCUT2D eigenvalue weighted by Crippen LogP contribution is -2.25. The van der Waals surface area contributed by atoms with E-state index in [-0.39, 0.29) is 24.4 Å². The van der Waals surface area contributed by atoms with Crippen LogP contribution in [0.2, 0.25) is 0 Å². The molecule has 0 aromatic heterocycles. The number of hydrogen-bond donors (Lipinski definition) is 3.